The molecule has 3 aromatic heterocycles. The van der Waals surface area contributed by atoms with Gasteiger partial charge in [0.15, 0.2) is 0 Å². The standard InChI is InChI=1S/C12H13N3O.C12H9N3O.C5H5BrN2/c2*13-8-9-1-3-10(4-2-9)16-11-5-6-15-12(14)7-11;6-4-1-2-8-5(7)3-4/h1-7H,8,13H2,(H2,14,15);1-7H,(H2,14,15);1-3H,(H2,7,8). The number of hydrogen-bond acceptors (Lipinski definition) is 10. The van der Waals surface area contributed by atoms with Crippen molar-refractivity contribution in [1.82, 2.24) is 15.0 Å². The molecule has 0 saturated carbocycles. The second kappa shape index (κ2) is 15.3. The summed E-state index contributed by atoms with van der Waals surface area (Å²) >= 11 is 3.24. The van der Waals surface area contributed by atoms with Crippen LogP contribution < -0.4 is 32.4 Å². The van der Waals surface area contributed by atoms with Crippen molar-refractivity contribution in [3.8, 4) is 29.1 Å². The second-order valence-corrected chi connectivity index (χ2v) is 8.84. The number of halogens is 1. The number of hydrogen-bond donors (Lipinski definition) is 4. The first kappa shape index (κ1) is 29.4. The van der Waals surface area contributed by atoms with Gasteiger partial charge in [0.1, 0.15) is 40.5 Å². The van der Waals surface area contributed by atoms with Gasteiger partial charge in [0.25, 0.3) is 0 Å². The van der Waals surface area contributed by atoms with E-state index in [0.717, 1.165) is 15.8 Å². The van der Waals surface area contributed by atoms with Crippen LogP contribution >= 0.6 is 15.9 Å². The largest absolute Gasteiger partial charge is 0.457 e. The summed E-state index contributed by atoms with van der Waals surface area (Å²) in [6, 6.07) is 26.9. The quantitative estimate of drug-likeness (QED) is 0.196. The molecule has 5 aromatic rings. The van der Waals surface area contributed by atoms with Crippen molar-refractivity contribution >= 4 is 33.4 Å². The van der Waals surface area contributed by atoms with Crippen molar-refractivity contribution < 1.29 is 9.47 Å². The average molecular weight is 599 g/mol. The van der Waals surface area contributed by atoms with Crippen LogP contribution in [0.3, 0.4) is 0 Å². The van der Waals surface area contributed by atoms with Gasteiger partial charge in [-0.25, -0.2) is 15.0 Å². The molecule has 3 heterocycles. The first-order valence-electron chi connectivity index (χ1n) is 11.8. The lowest BCUT2D eigenvalue weighted by atomic mass is 10.2. The van der Waals surface area contributed by atoms with Crippen LogP contribution in [0.2, 0.25) is 0 Å². The van der Waals surface area contributed by atoms with Crippen molar-refractivity contribution in [3.63, 3.8) is 0 Å². The highest BCUT2D eigenvalue weighted by molar-refractivity contribution is 9.10. The van der Waals surface area contributed by atoms with E-state index in [0.29, 0.717) is 46.8 Å². The van der Waals surface area contributed by atoms with Crippen LogP contribution in [0.15, 0.2) is 108 Å². The molecule has 2 aromatic carbocycles. The fourth-order valence-electron chi connectivity index (χ4n) is 2.97. The molecule has 0 atom stereocenters. The van der Waals surface area contributed by atoms with Gasteiger partial charge in [-0.1, -0.05) is 28.1 Å². The van der Waals surface area contributed by atoms with Gasteiger partial charge < -0.3 is 32.4 Å². The first-order chi connectivity index (χ1) is 19.3. The highest BCUT2D eigenvalue weighted by Gasteiger charge is 1.99. The minimum Gasteiger partial charge on any atom is -0.457 e. The maximum absolute atomic E-state index is 8.64. The van der Waals surface area contributed by atoms with E-state index in [2.05, 4.69) is 30.9 Å². The molecule has 0 unspecified atom stereocenters. The Bertz CT molecular complexity index is 1520. The molecule has 10 nitrogen and oxygen atoms in total. The maximum atomic E-state index is 8.64. The van der Waals surface area contributed by atoms with Crippen molar-refractivity contribution in [2.24, 2.45) is 5.73 Å². The molecule has 0 aliphatic carbocycles. The summed E-state index contributed by atoms with van der Waals surface area (Å²) in [5, 5.41) is 8.64. The summed E-state index contributed by atoms with van der Waals surface area (Å²) in [6.07, 6.45) is 4.84. The van der Waals surface area contributed by atoms with Crippen LogP contribution in [0.4, 0.5) is 17.5 Å². The number of aromatic nitrogens is 3. The zero-order chi connectivity index (χ0) is 28.7. The van der Waals surface area contributed by atoms with E-state index >= 15 is 0 Å². The van der Waals surface area contributed by atoms with Crippen LogP contribution in [0, 0.1) is 11.3 Å². The Balaban J connectivity index is 0.000000175. The van der Waals surface area contributed by atoms with Crippen molar-refractivity contribution in [3.05, 3.63) is 119 Å². The number of anilines is 3. The predicted molar refractivity (Wildman–Crippen MR) is 159 cm³/mol. The summed E-state index contributed by atoms with van der Waals surface area (Å²) in [7, 11) is 0. The van der Waals surface area contributed by atoms with Crippen LogP contribution in [0.5, 0.6) is 23.0 Å². The third-order valence-electron chi connectivity index (χ3n) is 4.86. The van der Waals surface area contributed by atoms with Gasteiger partial charge in [-0.15, -0.1) is 0 Å². The monoisotopic (exact) mass is 598 g/mol. The zero-order valence-electron chi connectivity index (χ0n) is 21.3. The number of benzene rings is 2. The number of ether oxygens (including phenoxy) is 2. The molecule has 0 spiro atoms. The molecular weight excluding hydrogens is 572 g/mol. The summed E-state index contributed by atoms with van der Waals surface area (Å²) in [5.41, 5.74) is 23.6. The minimum absolute atomic E-state index is 0.408. The fraction of sp³-hybridized carbons (Fsp3) is 0.0345. The molecule has 40 heavy (non-hydrogen) atoms. The lowest BCUT2D eigenvalue weighted by Gasteiger charge is -2.06. The smallest absolute Gasteiger partial charge is 0.132 e. The van der Waals surface area contributed by atoms with Crippen molar-refractivity contribution in [1.29, 1.82) is 5.26 Å². The number of rotatable bonds is 5. The second-order valence-electron chi connectivity index (χ2n) is 7.92. The fourth-order valence-corrected chi connectivity index (χ4v) is 3.32. The zero-order valence-corrected chi connectivity index (χ0v) is 22.9. The molecule has 8 N–H and O–H groups in total. The number of nitrogens with two attached hydrogens (primary N) is 4. The van der Waals surface area contributed by atoms with E-state index in [1.54, 1.807) is 73.2 Å². The predicted octanol–water partition coefficient (Wildman–Crippen LogP) is 5.67. The molecule has 5 rings (SSSR count). The molecular formula is C29H27BrN8O2. The highest BCUT2D eigenvalue weighted by Crippen LogP contribution is 2.23. The molecule has 0 saturated heterocycles. The first-order valence-corrected chi connectivity index (χ1v) is 12.6. The van der Waals surface area contributed by atoms with E-state index in [-0.39, 0.29) is 0 Å². The van der Waals surface area contributed by atoms with Crippen molar-refractivity contribution in [2.75, 3.05) is 17.2 Å². The normalized spacial score (nSPS) is 9.62. The van der Waals surface area contributed by atoms with E-state index in [1.807, 2.05) is 36.4 Å². The van der Waals surface area contributed by atoms with Gasteiger partial charge in [-0.05, 0) is 66.2 Å². The third-order valence-corrected chi connectivity index (χ3v) is 5.36. The number of nitriles is 1. The van der Waals surface area contributed by atoms with Crippen molar-refractivity contribution in [2.45, 2.75) is 6.54 Å². The van der Waals surface area contributed by atoms with Crippen LogP contribution in [0.25, 0.3) is 0 Å². The van der Waals surface area contributed by atoms with Gasteiger partial charge in [0, 0.05) is 41.7 Å². The highest BCUT2D eigenvalue weighted by atomic mass is 79.9. The third kappa shape index (κ3) is 10.3. The minimum atomic E-state index is 0.408. The summed E-state index contributed by atoms with van der Waals surface area (Å²) in [5.74, 6) is 4.10. The lowest BCUT2D eigenvalue weighted by Crippen LogP contribution is -1.95. The topological polar surface area (TPSA) is 185 Å². The molecule has 0 radical (unpaired) electrons. The molecule has 0 amide bonds. The summed E-state index contributed by atoms with van der Waals surface area (Å²) in [4.78, 5) is 11.5. The average Bonchev–Trinajstić information content (AvgIpc) is 2.95. The lowest BCUT2D eigenvalue weighted by molar-refractivity contribution is 0.482. The van der Waals surface area contributed by atoms with Crippen LogP contribution in [-0.4, -0.2) is 15.0 Å². The Labute approximate surface area is 240 Å². The number of nitrogens with zero attached hydrogens (tertiary/aromatic N) is 4. The Morgan fingerprint density at radius 1 is 0.625 bits per heavy atom. The van der Waals surface area contributed by atoms with Crippen LogP contribution in [0.1, 0.15) is 11.1 Å². The summed E-state index contributed by atoms with van der Waals surface area (Å²) in [6.45, 7) is 0.530. The van der Waals surface area contributed by atoms with E-state index in [9.17, 15) is 0 Å². The molecule has 0 fully saturated rings. The van der Waals surface area contributed by atoms with Gasteiger partial charge in [0.2, 0.25) is 0 Å². The Kier molecular flexibility index (Phi) is 11.2. The van der Waals surface area contributed by atoms with Gasteiger partial charge in [0.05, 0.1) is 11.6 Å². The van der Waals surface area contributed by atoms with Gasteiger partial charge in [-0.3, -0.25) is 0 Å². The number of nitrogen functional groups attached to an aromatic ring is 3. The molecule has 0 aliphatic rings. The van der Waals surface area contributed by atoms with E-state index < -0.39 is 0 Å². The number of pyridine rings is 3. The molecule has 0 aliphatic heterocycles. The van der Waals surface area contributed by atoms with E-state index in [1.165, 1.54) is 0 Å². The van der Waals surface area contributed by atoms with E-state index in [4.69, 9.17) is 37.7 Å². The molecule has 0 bridgehead atoms. The Morgan fingerprint density at radius 2 is 1.07 bits per heavy atom. The Morgan fingerprint density at radius 3 is 1.45 bits per heavy atom. The molecule has 202 valence electrons. The molecule has 11 heteroatoms. The van der Waals surface area contributed by atoms with Gasteiger partial charge >= 0.3 is 0 Å². The maximum Gasteiger partial charge on any atom is 0.132 e. The van der Waals surface area contributed by atoms with Crippen LogP contribution in [-0.2, 0) is 6.54 Å². The SMILES string of the molecule is N#Cc1ccc(Oc2ccnc(N)c2)cc1.NCc1ccc(Oc2ccnc(N)c2)cc1.Nc1cc(Br)ccn1. The summed E-state index contributed by atoms with van der Waals surface area (Å²) < 4.78 is 12.1. The van der Waals surface area contributed by atoms with Gasteiger partial charge in [-0.2, -0.15) is 5.26 Å². The Hall–Kier alpha value is -5.18.